The lowest BCUT2D eigenvalue weighted by Gasteiger charge is -2.08. The molecule has 0 aliphatic heterocycles. The fourth-order valence-corrected chi connectivity index (χ4v) is 2.82. The summed E-state index contributed by atoms with van der Waals surface area (Å²) in [6.07, 6.45) is 1.83. The molecule has 114 valence electrons. The Morgan fingerprint density at radius 3 is 2.70 bits per heavy atom. The standard InChI is InChI=1S/C19H17N3O/c1-13-21-18-11-20-17-10-15(8-9-16(17)19(18)22(13)2)23-12-14-6-4-3-5-7-14/h3-11H,12H2,1-2H3. The molecular formula is C19H17N3O. The summed E-state index contributed by atoms with van der Waals surface area (Å²) in [7, 11) is 2.03. The summed E-state index contributed by atoms with van der Waals surface area (Å²) in [5.74, 6) is 1.81. The van der Waals surface area contributed by atoms with Gasteiger partial charge in [-0.25, -0.2) is 4.98 Å². The van der Waals surface area contributed by atoms with Gasteiger partial charge >= 0.3 is 0 Å². The molecule has 4 rings (SSSR count). The zero-order valence-electron chi connectivity index (χ0n) is 13.2. The van der Waals surface area contributed by atoms with Crippen LogP contribution < -0.4 is 4.74 Å². The van der Waals surface area contributed by atoms with Crippen LogP contribution in [0.1, 0.15) is 11.4 Å². The van der Waals surface area contributed by atoms with E-state index < -0.39 is 0 Å². The number of rotatable bonds is 3. The molecule has 0 bridgehead atoms. The number of nitrogens with zero attached hydrogens (tertiary/aromatic N) is 3. The highest BCUT2D eigenvalue weighted by atomic mass is 16.5. The van der Waals surface area contributed by atoms with E-state index in [0.717, 1.165) is 39.1 Å². The summed E-state index contributed by atoms with van der Waals surface area (Å²) in [5.41, 5.74) is 4.11. The molecule has 23 heavy (non-hydrogen) atoms. The number of pyridine rings is 1. The van der Waals surface area contributed by atoms with Crippen LogP contribution in [0.4, 0.5) is 0 Å². The van der Waals surface area contributed by atoms with E-state index in [9.17, 15) is 0 Å². The van der Waals surface area contributed by atoms with Gasteiger partial charge in [-0.05, 0) is 24.6 Å². The molecule has 0 amide bonds. The third kappa shape index (κ3) is 2.42. The largest absolute Gasteiger partial charge is 0.489 e. The lowest BCUT2D eigenvalue weighted by molar-refractivity contribution is 0.306. The zero-order valence-corrected chi connectivity index (χ0v) is 13.2. The van der Waals surface area contributed by atoms with Gasteiger partial charge in [0.25, 0.3) is 0 Å². The van der Waals surface area contributed by atoms with E-state index in [0.29, 0.717) is 6.61 Å². The molecule has 0 saturated heterocycles. The fourth-order valence-electron chi connectivity index (χ4n) is 2.82. The summed E-state index contributed by atoms with van der Waals surface area (Å²) in [6.45, 7) is 2.56. The van der Waals surface area contributed by atoms with E-state index in [1.54, 1.807) is 0 Å². The van der Waals surface area contributed by atoms with Gasteiger partial charge in [-0.2, -0.15) is 0 Å². The molecule has 0 unspecified atom stereocenters. The summed E-state index contributed by atoms with van der Waals surface area (Å²) in [4.78, 5) is 9.05. The first-order chi connectivity index (χ1) is 11.2. The second-order valence-corrected chi connectivity index (χ2v) is 5.66. The number of aryl methyl sites for hydroxylation is 2. The molecule has 0 N–H and O–H groups in total. The van der Waals surface area contributed by atoms with Crippen molar-refractivity contribution >= 4 is 21.9 Å². The average Bonchev–Trinajstić information content (AvgIpc) is 2.88. The number of hydrogen-bond donors (Lipinski definition) is 0. The second kappa shape index (κ2) is 5.39. The van der Waals surface area contributed by atoms with Crippen molar-refractivity contribution in [1.82, 2.24) is 14.5 Å². The number of aromatic nitrogens is 3. The van der Waals surface area contributed by atoms with E-state index in [2.05, 4.69) is 32.7 Å². The van der Waals surface area contributed by atoms with Crippen molar-refractivity contribution in [3.05, 3.63) is 66.1 Å². The number of hydrogen-bond acceptors (Lipinski definition) is 3. The number of benzene rings is 2. The van der Waals surface area contributed by atoms with Crippen molar-refractivity contribution in [3.63, 3.8) is 0 Å². The highest BCUT2D eigenvalue weighted by Crippen LogP contribution is 2.27. The topological polar surface area (TPSA) is 39.9 Å². The maximum Gasteiger partial charge on any atom is 0.122 e. The number of imidazole rings is 1. The molecule has 4 heteroatoms. The maximum atomic E-state index is 5.89. The summed E-state index contributed by atoms with van der Waals surface area (Å²) >= 11 is 0. The van der Waals surface area contributed by atoms with Crippen molar-refractivity contribution in [2.75, 3.05) is 0 Å². The summed E-state index contributed by atoms with van der Waals surface area (Å²) < 4.78 is 7.99. The first-order valence-corrected chi connectivity index (χ1v) is 7.61. The van der Waals surface area contributed by atoms with Gasteiger partial charge in [0.1, 0.15) is 23.7 Å². The van der Waals surface area contributed by atoms with Crippen LogP contribution in [0.2, 0.25) is 0 Å². The van der Waals surface area contributed by atoms with Crippen molar-refractivity contribution < 1.29 is 4.74 Å². The zero-order chi connectivity index (χ0) is 15.8. The Morgan fingerprint density at radius 2 is 1.87 bits per heavy atom. The molecule has 0 aliphatic rings. The fraction of sp³-hybridized carbons (Fsp3) is 0.158. The quantitative estimate of drug-likeness (QED) is 0.574. The smallest absolute Gasteiger partial charge is 0.122 e. The Morgan fingerprint density at radius 1 is 1.04 bits per heavy atom. The van der Waals surface area contributed by atoms with Gasteiger partial charge in [-0.15, -0.1) is 0 Å². The minimum atomic E-state index is 0.555. The molecule has 4 nitrogen and oxygen atoms in total. The normalized spacial score (nSPS) is 11.2. The van der Waals surface area contributed by atoms with Gasteiger partial charge in [0.15, 0.2) is 0 Å². The highest BCUT2D eigenvalue weighted by molar-refractivity contribution is 6.02. The van der Waals surface area contributed by atoms with Crippen LogP contribution in [-0.2, 0) is 13.7 Å². The van der Waals surface area contributed by atoms with Gasteiger partial charge < -0.3 is 9.30 Å². The Labute approximate surface area is 134 Å². The van der Waals surface area contributed by atoms with Crippen LogP contribution in [0.3, 0.4) is 0 Å². The molecule has 0 saturated carbocycles. The van der Waals surface area contributed by atoms with Crippen LogP contribution in [0.5, 0.6) is 5.75 Å². The van der Waals surface area contributed by atoms with Crippen molar-refractivity contribution in [3.8, 4) is 5.75 Å². The highest BCUT2D eigenvalue weighted by Gasteiger charge is 2.10. The summed E-state index contributed by atoms with van der Waals surface area (Å²) in [6, 6.07) is 16.2. The second-order valence-electron chi connectivity index (χ2n) is 5.66. The van der Waals surface area contributed by atoms with Gasteiger partial charge in [0.2, 0.25) is 0 Å². The van der Waals surface area contributed by atoms with Crippen molar-refractivity contribution in [1.29, 1.82) is 0 Å². The molecule has 0 spiro atoms. The van der Waals surface area contributed by atoms with E-state index in [1.165, 1.54) is 0 Å². The van der Waals surface area contributed by atoms with Crippen LogP contribution in [-0.4, -0.2) is 14.5 Å². The molecule has 0 radical (unpaired) electrons. The predicted octanol–water partition coefficient (Wildman–Crippen LogP) is 4.01. The first kappa shape index (κ1) is 13.8. The van der Waals surface area contributed by atoms with Crippen LogP contribution in [0.25, 0.3) is 21.9 Å². The third-order valence-electron chi connectivity index (χ3n) is 4.14. The Bertz CT molecular complexity index is 990. The first-order valence-electron chi connectivity index (χ1n) is 7.61. The molecular weight excluding hydrogens is 286 g/mol. The van der Waals surface area contributed by atoms with Crippen molar-refractivity contribution in [2.24, 2.45) is 7.05 Å². The Balaban J connectivity index is 1.71. The molecule has 0 aliphatic carbocycles. The molecule has 2 heterocycles. The lowest BCUT2D eigenvalue weighted by Crippen LogP contribution is -1.96. The van der Waals surface area contributed by atoms with E-state index in [-0.39, 0.29) is 0 Å². The Hall–Kier alpha value is -2.88. The molecule has 2 aromatic heterocycles. The lowest BCUT2D eigenvalue weighted by atomic mass is 10.2. The summed E-state index contributed by atoms with van der Waals surface area (Å²) in [5, 5.41) is 1.10. The SMILES string of the molecule is Cc1nc2cnc3cc(OCc4ccccc4)ccc3c2n1C. The van der Waals surface area contributed by atoms with Crippen LogP contribution in [0.15, 0.2) is 54.7 Å². The van der Waals surface area contributed by atoms with Gasteiger partial charge in [-0.3, -0.25) is 4.98 Å². The van der Waals surface area contributed by atoms with E-state index in [1.807, 2.05) is 50.5 Å². The van der Waals surface area contributed by atoms with Gasteiger partial charge in [0, 0.05) is 18.5 Å². The number of fused-ring (bicyclic) bond motifs is 3. The monoisotopic (exact) mass is 303 g/mol. The molecule has 2 aromatic carbocycles. The van der Waals surface area contributed by atoms with Crippen molar-refractivity contribution in [2.45, 2.75) is 13.5 Å². The number of ether oxygens (including phenoxy) is 1. The van der Waals surface area contributed by atoms with Crippen LogP contribution >= 0.6 is 0 Å². The Kier molecular flexibility index (Phi) is 3.23. The van der Waals surface area contributed by atoms with Crippen LogP contribution in [0, 0.1) is 6.92 Å². The van der Waals surface area contributed by atoms with Gasteiger partial charge in [-0.1, -0.05) is 30.3 Å². The predicted molar refractivity (Wildman–Crippen MR) is 91.5 cm³/mol. The molecule has 0 fully saturated rings. The van der Waals surface area contributed by atoms with E-state index in [4.69, 9.17) is 4.74 Å². The average molecular weight is 303 g/mol. The molecule has 0 atom stereocenters. The van der Waals surface area contributed by atoms with E-state index >= 15 is 0 Å². The minimum absolute atomic E-state index is 0.555. The molecule has 4 aromatic rings. The third-order valence-corrected chi connectivity index (χ3v) is 4.14. The minimum Gasteiger partial charge on any atom is -0.489 e. The maximum absolute atomic E-state index is 5.89. The van der Waals surface area contributed by atoms with Gasteiger partial charge in [0.05, 0.1) is 17.2 Å².